The maximum absolute atomic E-state index is 9.97. The van der Waals surface area contributed by atoms with E-state index in [1.54, 1.807) is 0 Å². The van der Waals surface area contributed by atoms with Crippen LogP contribution >= 0.6 is 11.6 Å². The Morgan fingerprint density at radius 1 is 1.06 bits per heavy atom. The van der Waals surface area contributed by atoms with Gasteiger partial charge in [0.1, 0.15) is 0 Å². The van der Waals surface area contributed by atoms with Gasteiger partial charge >= 0.3 is 0 Å². The normalized spacial score (nSPS) is 36.6. The summed E-state index contributed by atoms with van der Waals surface area (Å²) in [7, 11) is 0. The van der Waals surface area contributed by atoms with E-state index in [4.69, 9.17) is 11.6 Å². The Balaban J connectivity index is 1.30. The van der Waals surface area contributed by atoms with E-state index in [1.807, 2.05) is 0 Å². The number of rotatable bonds is 9. The molecule has 4 heteroatoms. The third kappa shape index (κ3) is 7.61. The number of allylic oxidation sites excluding steroid dienone is 2. The molecule has 0 aromatic carbocycles. The van der Waals surface area contributed by atoms with E-state index >= 15 is 0 Å². The molecule has 5 atom stereocenters. The van der Waals surface area contributed by atoms with Gasteiger partial charge in [-0.05, 0) is 117 Å². The maximum Gasteiger partial charge on any atom is 0.0641 e. The highest BCUT2D eigenvalue weighted by atomic mass is 35.5. The van der Waals surface area contributed by atoms with Crippen LogP contribution < -0.4 is 5.32 Å². The summed E-state index contributed by atoms with van der Waals surface area (Å²) in [5, 5.41) is 14.4. The fourth-order valence-electron chi connectivity index (χ4n) is 8.23. The Kier molecular flexibility index (Phi) is 10.5. The second-order valence-corrected chi connectivity index (χ2v) is 14.5. The minimum Gasteiger partial charge on any atom is -0.392 e. The molecule has 0 aromatic rings. The first-order chi connectivity index (χ1) is 17.2. The van der Waals surface area contributed by atoms with Crippen LogP contribution in [-0.2, 0) is 0 Å². The quantitative estimate of drug-likeness (QED) is 0.253. The number of aliphatic hydroxyl groups excluding tert-OH is 1. The fourth-order valence-corrected chi connectivity index (χ4v) is 8.48. The summed E-state index contributed by atoms with van der Waals surface area (Å²) in [4.78, 5) is 2.76. The molecule has 4 aliphatic rings. The Morgan fingerprint density at radius 3 is 2.47 bits per heavy atom. The third-order valence-corrected chi connectivity index (χ3v) is 10.8. The molecule has 0 amide bonds. The molecule has 3 nitrogen and oxygen atoms in total. The highest BCUT2D eigenvalue weighted by Gasteiger charge is 2.41. The van der Waals surface area contributed by atoms with Gasteiger partial charge in [0.15, 0.2) is 0 Å². The summed E-state index contributed by atoms with van der Waals surface area (Å²) in [6, 6.07) is 0.521. The van der Waals surface area contributed by atoms with Crippen molar-refractivity contribution in [3.63, 3.8) is 0 Å². The zero-order valence-corrected chi connectivity index (χ0v) is 24.5. The number of hydrogen-bond acceptors (Lipinski definition) is 3. The van der Waals surface area contributed by atoms with Gasteiger partial charge in [-0.3, -0.25) is 0 Å². The number of nitrogens with one attached hydrogen (secondary N) is 1. The van der Waals surface area contributed by atoms with E-state index < -0.39 is 0 Å². The molecule has 0 spiro atoms. The molecule has 1 heterocycles. The topological polar surface area (TPSA) is 35.5 Å². The van der Waals surface area contributed by atoms with E-state index in [9.17, 15) is 5.11 Å². The molecule has 1 saturated carbocycles. The van der Waals surface area contributed by atoms with Crippen LogP contribution in [-0.4, -0.2) is 54.2 Å². The van der Waals surface area contributed by atoms with Crippen LogP contribution in [0.1, 0.15) is 91.9 Å². The number of piperidine rings is 1. The van der Waals surface area contributed by atoms with Crippen LogP contribution in [0.25, 0.3) is 0 Å². The number of halogens is 1. The number of alkyl halides is 1. The van der Waals surface area contributed by atoms with E-state index in [0.717, 1.165) is 43.2 Å². The molecule has 1 aliphatic heterocycles. The molecule has 3 aliphatic carbocycles. The van der Waals surface area contributed by atoms with Crippen LogP contribution in [0.3, 0.4) is 0 Å². The molecule has 36 heavy (non-hydrogen) atoms. The molecular weight excluding hydrogens is 464 g/mol. The Morgan fingerprint density at radius 2 is 1.83 bits per heavy atom. The van der Waals surface area contributed by atoms with E-state index in [1.165, 1.54) is 76.5 Å². The van der Waals surface area contributed by atoms with E-state index in [0.29, 0.717) is 28.7 Å². The summed E-state index contributed by atoms with van der Waals surface area (Å²) < 4.78 is 0. The summed E-state index contributed by atoms with van der Waals surface area (Å²) in [6.07, 6.45) is 19.8. The van der Waals surface area contributed by atoms with E-state index in [2.05, 4.69) is 56.1 Å². The van der Waals surface area contributed by atoms with Gasteiger partial charge in [0.25, 0.3) is 0 Å². The molecule has 1 saturated heterocycles. The molecule has 0 radical (unpaired) electrons. The highest BCUT2D eigenvalue weighted by Crippen LogP contribution is 2.45. The predicted molar refractivity (Wildman–Crippen MR) is 154 cm³/mol. The average Bonchev–Trinajstić information content (AvgIpc) is 2.87. The van der Waals surface area contributed by atoms with Gasteiger partial charge < -0.3 is 15.3 Å². The Bertz CT molecular complexity index is 738. The van der Waals surface area contributed by atoms with Crippen LogP contribution in [0, 0.1) is 40.9 Å². The van der Waals surface area contributed by atoms with Crippen molar-refractivity contribution in [3.05, 3.63) is 23.8 Å². The SMILES string of the molecule is CC(C)[C@H](CN1CCC(C2CCC(Cl)CC2)C(C)(C)C1)NCC1C=C(CO)CC(C2CC=CCC2)C1. The lowest BCUT2D eigenvalue weighted by molar-refractivity contribution is 0.00467. The van der Waals surface area contributed by atoms with Crippen molar-refractivity contribution >= 4 is 11.6 Å². The Labute approximate surface area is 227 Å². The standard InChI is InChI=1S/C32H55ClN2O/c1-23(2)31(20-35-15-14-30(32(3,4)22-35)27-10-12-29(33)13-11-27)34-19-24-16-25(21-36)18-28(17-24)26-8-6-5-7-9-26/h5-6,16,23-24,26-31,34,36H,7-15,17-22H2,1-4H3/t24?,26?,27?,28?,29?,30?,31-/m0/s1. The van der Waals surface area contributed by atoms with Gasteiger partial charge in [-0.25, -0.2) is 0 Å². The molecular formula is C32H55ClN2O. The second kappa shape index (κ2) is 13.1. The summed E-state index contributed by atoms with van der Waals surface area (Å²) in [5.74, 6) is 4.44. The summed E-state index contributed by atoms with van der Waals surface area (Å²) in [5.41, 5.74) is 1.66. The predicted octanol–water partition coefficient (Wildman–Crippen LogP) is 7.05. The monoisotopic (exact) mass is 518 g/mol. The zero-order chi connectivity index (χ0) is 25.7. The smallest absolute Gasteiger partial charge is 0.0641 e. The average molecular weight is 519 g/mol. The highest BCUT2D eigenvalue weighted by molar-refractivity contribution is 6.20. The first-order valence-electron chi connectivity index (χ1n) is 15.3. The largest absolute Gasteiger partial charge is 0.392 e. The molecule has 2 N–H and O–H groups in total. The summed E-state index contributed by atoms with van der Waals surface area (Å²) in [6.45, 7) is 14.7. The lowest BCUT2D eigenvalue weighted by atomic mass is 9.64. The van der Waals surface area contributed by atoms with Crippen molar-refractivity contribution in [2.75, 3.05) is 32.8 Å². The first kappa shape index (κ1) is 28.7. The fraction of sp³-hybridized carbons (Fsp3) is 0.875. The van der Waals surface area contributed by atoms with Crippen molar-refractivity contribution in [2.24, 2.45) is 40.9 Å². The van der Waals surface area contributed by atoms with E-state index in [-0.39, 0.29) is 6.61 Å². The number of aliphatic hydroxyl groups is 1. The number of hydrogen-bond donors (Lipinski definition) is 2. The lowest BCUT2D eigenvalue weighted by Gasteiger charge is -2.49. The first-order valence-corrected chi connectivity index (χ1v) is 15.7. The van der Waals surface area contributed by atoms with Gasteiger partial charge in [0.2, 0.25) is 0 Å². The Hall–Kier alpha value is -0.350. The van der Waals surface area contributed by atoms with Crippen LogP contribution in [0.15, 0.2) is 23.8 Å². The molecule has 4 unspecified atom stereocenters. The van der Waals surface area contributed by atoms with Crippen molar-refractivity contribution in [1.82, 2.24) is 10.2 Å². The summed E-state index contributed by atoms with van der Waals surface area (Å²) >= 11 is 6.42. The minimum absolute atomic E-state index is 0.236. The number of nitrogens with zero attached hydrogens (tertiary/aromatic N) is 1. The third-order valence-electron chi connectivity index (χ3n) is 10.3. The van der Waals surface area contributed by atoms with Crippen LogP contribution in [0.5, 0.6) is 0 Å². The molecule has 2 fully saturated rings. The minimum atomic E-state index is 0.236. The van der Waals surface area contributed by atoms with Crippen molar-refractivity contribution in [3.8, 4) is 0 Å². The van der Waals surface area contributed by atoms with Crippen LogP contribution in [0.4, 0.5) is 0 Å². The van der Waals surface area contributed by atoms with Gasteiger partial charge in [0, 0.05) is 31.1 Å². The molecule has 4 rings (SSSR count). The van der Waals surface area contributed by atoms with Crippen molar-refractivity contribution in [2.45, 2.75) is 103 Å². The lowest BCUT2D eigenvalue weighted by Crippen LogP contribution is -2.53. The maximum atomic E-state index is 9.97. The van der Waals surface area contributed by atoms with Gasteiger partial charge in [0.05, 0.1) is 6.61 Å². The van der Waals surface area contributed by atoms with Crippen LogP contribution in [0.2, 0.25) is 0 Å². The van der Waals surface area contributed by atoms with Crippen molar-refractivity contribution < 1.29 is 5.11 Å². The molecule has 0 aromatic heterocycles. The van der Waals surface area contributed by atoms with Gasteiger partial charge in [-0.15, -0.1) is 11.6 Å². The van der Waals surface area contributed by atoms with Gasteiger partial charge in [-0.1, -0.05) is 45.9 Å². The van der Waals surface area contributed by atoms with Crippen molar-refractivity contribution in [1.29, 1.82) is 0 Å². The zero-order valence-electron chi connectivity index (χ0n) is 23.7. The molecule has 0 bridgehead atoms. The molecule has 206 valence electrons. The van der Waals surface area contributed by atoms with Gasteiger partial charge in [-0.2, -0.15) is 0 Å². The second-order valence-electron chi connectivity index (χ2n) is 13.9. The number of likely N-dealkylation sites (tertiary alicyclic amines) is 1.